The van der Waals surface area contributed by atoms with Gasteiger partial charge in [0.25, 0.3) is 0 Å². The second kappa shape index (κ2) is 4.44. The van der Waals surface area contributed by atoms with Gasteiger partial charge in [0.1, 0.15) is 0 Å². The molecule has 1 fully saturated rings. The highest BCUT2D eigenvalue weighted by atomic mass is 16.2. The molecule has 18 heavy (non-hydrogen) atoms. The van der Waals surface area contributed by atoms with Crippen molar-refractivity contribution in [1.29, 1.82) is 0 Å². The molecule has 1 aromatic rings. The Morgan fingerprint density at radius 1 is 1.61 bits per heavy atom. The van der Waals surface area contributed by atoms with Gasteiger partial charge < -0.3 is 10.6 Å². The molecule has 1 aliphatic heterocycles. The van der Waals surface area contributed by atoms with E-state index in [1.807, 2.05) is 20.9 Å². The van der Waals surface area contributed by atoms with Gasteiger partial charge in [-0.25, -0.2) is 0 Å². The SMILES string of the molecule is Cc1c(C(C)N2CC(C(N)=O)CC2=O)cnn1C. The first-order valence-corrected chi connectivity index (χ1v) is 5.99. The van der Waals surface area contributed by atoms with Crippen molar-refractivity contribution < 1.29 is 9.59 Å². The lowest BCUT2D eigenvalue weighted by Crippen LogP contribution is -2.31. The summed E-state index contributed by atoms with van der Waals surface area (Å²) in [4.78, 5) is 24.8. The van der Waals surface area contributed by atoms with Crippen molar-refractivity contribution in [3.8, 4) is 0 Å². The molecule has 98 valence electrons. The smallest absolute Gasteiger partial charge is 0.223 e. The Bertz CT molecular complexity index is 494. The van der Waals surface area contributed by atoms with Crippen molar-refractivity contribution in [2.24, 2.45) is 18.7 Å². The zero-order chi connectivity index (χ0) is 13.4. The van der Waals surface area contributed by atoms with E-state index in [0.717, 1.165) is 11.3 Å². The molecule has 6 nitrogen and oxygen atoms in total. The van der Waals surface area contributed by atoms with Gasteiger partial charge in [-0.05, 0) is 13.8 Å². The molecule has 0 bridgehead atoms. The van der Waals surface area contributed by atoms with Crippen LogP contribution in [0.2, 0.25) is 0 Å². The van der Waals surface area contributed by atoms with Crippen molar-refractivity contribution in [2.45, 2.75) is 26.3 Å². The Labute approximate surface area is 106 Å². The maximum Gasteiger partial charge on any atom is 0.223 e. The highest BCUT2D eigenvalue weighted by Crippen LogP contribution is 2.29. The van der Waals surface area contributed by atoms with Crippen molar-refractivity contribution in [3.63, 3.8) is 0 Å². The minimum Gasteiger partial charge on any atom is -0.369 e. The lowest BCUT2D eigenvalue weighted by molar-refractivity contribution is -0.130. The number of primary amides is 1. The van der Waals surface area contributed by atoms with Gasteiger partial charge in [0, 0.05) is 31.3 Å². The third-order valence-corrected chi connectivity index (χ3v) is 3.75. The summed E-state index contributed by atoms with van der Waals surface area (Å²) in [5.74, 6) is -0.785. The molecule has 2 heterocycles. The maximum atomic E-state index is 11.9. The van der Waals surface area contributed by atoms with Crippen molar-refractivity contribution in [3.05, 3.63) is 17.5 Å². The second-order valence-electron chi connectivity index (χ2n) is 4.83. The van der Waals surface area contributed by atoms with Gasteiger partial charge in [0.15, 0.2) is 0 Å². The van der Waals surface area contributed by atoms with Crippen LogP contribution in [0.4, 0.5) is 0 Å². The number of rotatable bonds is 3. The van der Waals surface area contributed by atoms with E-state index in [0.29, 0.717) is 6.54 Å². The molecular formula is C12H18N4O2. The molecule has 2 atom stereocenters. The van der Waals surface area contributed by atoms with Crippen LogP contribution in [0.5, 0.6) is 0 Å². The lowest BCUT2D eigenvalue weighted by atomic mass is 10.1. The normalized spacial score (nSPS) is 21.4. The number of hydrogen-bond donors (Lipinski definition) is 1. The standard InChI is InChI=1S/C12H18N4O2/c1-7-10(5-14-15(7)3)8(2)16-6-9(12(13)18)4-11(16)17/h5,8-9H,4,6H2,1-3H3,(H2,13,18). The quantitative estimate of drug-likeness (QED) is 0.827. The fourth-order valence-electron chi connectivity index (χ4n) is 2.39. The molecule has 2 N–H and O–H groups in total. The molecule has 0 saturated carbocycles. The van der Waals surface area contributed by atoms with Crippen LogP contribution in [0, 0.1) is 12.8 Å². The highest BCUT2D eigenvalue weighted by Gasteiger charge is 2.36. The fourth-order valence-corrected chi connectivity index (χ4v) is 2.39. The fraction of sp³-hybridized carbons (Fsp3) is 0.583. The number of aryl methyl sites for hydroxylation is 1. The Morgan fingerprint density at radius 3 is 2.72 bits per heavy atom. The number of likely N-dealkylation sites (tertiary alicyclic amines) is 1. The van der Waals surface area contributed by atoms with Crippen LogP contribution in [-0.2, 0) is 16.6 Å². The number of carbonyl (C=O) groups excluding carboxylic acids is 2. The predicted octanol–water partition coefficient (Wildman–Crippen LogP) is 0.123. The van der Waals surface area contributed by atoms with E-state index < -0.39 is 5.91 Å². The molecule has 2 rings (SSSR count). The summed E-state index contributed by atoms with van der Waals surface area (Å²) in [6, 6.07) is -0.0736. The van der Waals surface area contributed by atoms with Gasteiger partial charge in [0.05, 0.1) is 18.2 Å². The first kappa shape index (κ1) is 12.6. The number of hydrogen-bond acceptors (Lipinski definition) is 3. The summed E-state index contributed by atoms with van der Waals surface area (Å²) in [5, 5.41) is 4.17. The molecule has 0 aliphatic carbocycles. The summed E-state index contributed by atoms with van der Waals surface area (Å²) in [6.45, 7) is 4.32. The van der Waals surface area contributed by atoms with Gasteiger partial charge >= 0.3 is 0 Å². The van der Waals surface area contributed by atoms with Crippen molar-refractivity contribution in [2.75, 3.05) is 6.54 Å². The zero-order valence-electron chi connectivity index (χ0n) is 10.9. The van der Waals surface area contributed by atoms with E-state index in [4.69, 9.17) is 5.73 Å². The molecule has 2 unspecified atom stereocenters. The van der Waals surface area contributed by atoms with E-state index in [1.54, 1.807) is 15.8 Å². The molecule has 6 heteroatoms. The number of amides is 2. The number of carbonyl (C=O) groups is 2. The minimum absolute atomic E-state index is 0.0189. The van der Waals surface area contributed by atoms with Crippen LogP contribution in [0.15, 0.2) is 6.20 Å². The number of nitrogens with zero attached hydrogens (tertiary/aromatic N) is 3. The average molecular weight is 250 g/mol. The zero-order valence-corrected chi connectivity index (χ0v) is 10.9. The van der Waals surface area contributed by atoms with E-state index in [2.05, 4.69) is 5.10 Å². The minimum atomic E-state index is -0.402. The lowest BCUT2D eigenvalue weighted by Gasteiger charge is -2.24. The summed E-state index contributed by atoms with van der Waals surface area (Å²) in [6.07, 6.45) is 1.99. The van der Waals surface area contributed by atoms with Gasteiger partial charge in [-0.1, -0.05) is 0 Å². The van der Waals surface area contributed by atoms with Crippen molar-refractivity contribution in [1.82, 2.24) is 14.7 Å². The highest BCUT2D eigenvalue weighted by molar-refractivity contribution is 5.88. The third-order valence-electron chi connectivity index (χ3n) is 3.75. The van der Waals surface area contributed by atoms with E-state index >= 15 is 0 Å². The Balaban J connectivity index is 2.20. The molecule has 1 aliphatic rings. The molecule has 1 aromatic heterocycles. The first-order valence-electron chi connectivity index (χ1n) is 5.99. The van der Waals surface area contributed by atoms with E-state index in [9.17, 15) is 9.59 Å². The first-order chi connectivity index (χ1) is 8.41. The number of nitrogens with two attached hydrogens (primary N) is 1. The topological polar surface area (TPSA) is 81.2 Å². The monoisotopic (exact) mass is 250 g/mol. The predicted molar refractivity (Wildman–Crippen MR) is 65.4 cm³/mol. The van der Waals surface area contributed by atoms with Gasteiger partial charge in [-0.3, -0.25) is 14.3 Å². The van der Waals surface area contributed by atoms with Gasteiger partial charge in [0.2, 0.25) is 11.8 Å². The average Bonchev–Trinajstić information content (AvgIpc) is 2.84. The van der Waals surface area contributed by atoms with E-state index in [1.165, 1.54) is 0 Å². The van der Waals surface area contributed by atoms with Crippen LogP contribution < -0.4 is 5.73 Å². The van der Waals surface area contributed by atoms with Crippen LogP contribution in [0.3, 0.4) is 0 Å². The van der Waals surface area contributed by atoms with Crippen LogP contribution in [0.25, 0.3) is 0 Å². The Morgan fingerprint density at radius 2 is 2.28 bits per heavy atom. The van der Waals surface area contributed by atoms with Crippen LogP contribution in [0.1, 0.15) is 30.6 Å². The largest absolute Gasteiger partial charge is 0.369 e. The molecule has 1 saturated heterocycles. The molecule has 0 radical (unpaired) electrons. The number of aromatic nitrogens is 2. The van der Waals surface area contributed by atoms with Crippen LogP contribution in [-0.4, -0.2) is 33.0 Å². The molecular weight excluding hydrogens is 232 g/mol. The van der Waals surface area contributed by atoms with Gasteiger partial charge in [-0.2, -0.15) is 5.10 Å². The summed E-state index contributed by atoms with van der Waals surface area (Å²) in [5.41, 5.74) is 7.30. The summed E-state index contributed by atoms with van der Waals surface area (Å²) >= 11 is 0. The van der Waals surface area contributed by atoms with Crippen LogP contribution >= 0.6 is 0 Å². The molecule has 0 spiro atoms. The van der Waals surface area contributed by atoms with E-state index in [-0.39, 0.29) is 24.3 Å². The Hall–Kier alpha value is -1.85. The summed E-state index contributed by atoms with van der Waals surface area (Å²) in [7, 11) is 1.86. The third kappa shape index (κ3) is 1.98. The molecule has 2 amide bonds. The second-order valence-corrected chi connectivity index (χ2v) is 4.83. The van der Waals surface area contributed by atoms with Crippen molar-refractivity contribution >= 4 is 11.8 Å². The Kier molecular flexibility index (Phi) is 3.11. The summed E-state index contributed by atoms with van der Waals surface area (Å²) < 4.78 is 1.78. The van der Waals surface area contributed by atoms with Gasteiger partial charge in [-0.15, -0.1) is 0 Å². The maximum absolute atomic E-state index is 11.9. The molecule has 0 aromatic carbocycles.